The molecule has 2 aliphatic heterocycles. The maximum absolute atomic E-state index is 13.3. The zero-order valence-corrected chi connectivity index (χ0v) is 16.0. The third-order valence-corrected chi connectivity index (χ3v) is 6.57. The third-order valence-electron chi connectivity index (χ3n) is 6.57. The van der Waals surface area contributed by atoms with Crippen LogP contribution in [0.15, 0.2) is 30.3 Å². The monoisotopic (exact) mass is 365 g/mol. The van der Waals surface area contributed by atoms with Crippen LogP contribution in [0, 0.1) is 11.3 Å². The van der Waals surface area contributed by atoms with Crippen molar-refractivity contribution >= 4 is 22.6 Å². The molecule has 3 aliphatic rings. The first-order valence-corrected chi connectivity index (χ1v) is 10.2. The standard InChI is InChI=1S/C22H27N3O2/c1-27-18-5-2-4-17-8-9-19(23-20(17)18)25-13-11-22(15-25)10-3-12-24(21(22)26)14-16-6-7-16/h2,4-5,8-9,16H,3,6-7,10-15H2,1H3/t22-/m0/s1. The summed E-state index contributed by atoms with van der Waals surface area (Å²) in [6, 6.07) is 10.2. The molecule has 1 aromatic carbocycles. The van der Waals surface area contributed by atoms with Gasteiger partial charge in [0.2, 0.25) is 5.91 Å². The van der Waals surface area contributed by atoms with E-state index in [0.717, 1.165) is 73.8 Å². The molecule has 1 aliphatic carbocycles. The van der Waals surface area contributed by atoms with Gasteiger partial charge in [0.25, 0.3) is 0 Å². The zero-order valence-electron chi connectivity index (χ0n) is 16.0. The molecule has 5 heteroatoms. The lowest BCUT2D eigenvalue weighted by molar-refractivity contribution is -0.145. The number of amides is 1. The van der Waals surface area contributed by atoms with E-state index >= 15 is 0 Å². The number of hydrogen-bond donors (Lipinski definition) is 0. The number of likely N-dealkylation sites (tertiary alicyclic amines) is 1. The fourth-order valence-corrected chi connectivity index (χ4v) is 4.84. The molecule has 0 radical (unpaired) electrons. The van der Waals surface area contributed by atoms with Crippen molar-refractivity contribution in [2.75, 3.05) is 38.2 Å². The highest BCUT2D eigenvalue weighted by Gasteiger charge is 2.49. The number of aromatic nitrogens is 1. The highest BCUT2D eigenvalue weighted by atomic mass is 16.5. The van der Waals surface area contributed by atoms with Crippen LogP contribution in [0.5, 0.6) is 5.75 Å². The molecule has 3 fully saturated rings. The second kappa shape index (κ2) is 6.39. The van der Waals surface area contributed by atoms with Gasteiger partial charge >= 0.3 is 0 Å². The number of anilines is 1. The number of methoxy groups -OCH3 is 1. The Morgan fingerprint density at radius 2 is 2.07 bits per heavy atom. The van der Waals surface area contributed by atoms with Crippen LogP contribution < -0.4 is 9.64 Å². The van der Waals surface area contributed by atoms with E-state index in [0.29, 0.717) is 5.91 Å². The van der Waals surface area contributed by atoms with Crippen molar-refractivity contribution in [2.45, 2.75) is 32.1 Å². The van der Waals surface area contributed by atoms with E-state index in [9.17, 15) is 4.79 Å². The number of piperidine rings is 1. The average molecular weight is 365 g/mol. The largest absolute Gasteiger partial charge is 0.494 e. The molecule has 1 atom stereocenters. The van der Waals surface area contributed by atoms with Crippen molar-refractivity contribution in [3.63, 3.8) is 0 Å². The SMILES string of the molecule is COc1cccc2ccc(N3CC[C@@]4(CCCN(CC5CC5)C4=O)C3)nc12. The predicted molar refractivity (Wildman–Crippen MR) is 106 cm³/mol. The number of rotatable bonds is 4. The van der Waals surface area contributed by atoms with Gasteiger partial charge in [-0.2, -0.15) is 0 Å². The van der Waals surface area contributed by atoms with E-state index in [-0.39, 0.29) is 5.41 Å². The van der Waals surface area contributed by atoms with Crippen LogP contribution in [0.4, 0.5) is 5.82 Å². The summed E-state index contributed by atoms with van der Waals surface area (Å²) in [7, 11) is 1.68. The molecule has 2 saturated heterocycles. The molecular weight excluding hydrogens is 338 g/mol. The summed E-state index contributed by atoms with van der Waals surface area (Å²) in [5.41, 5.74) is 0.689. The number of ether oxygens (including phenoxy) is 1. The maximum Gasteiger partial charge on any atom is 0.230 e. The van der Waals surface area contributed by atoms with Crippen molar-refractivity contribution in [3.8, 4) is 5.75 Å². The van der Waals surface area contributed by atoms with Gasteiger partial charge in [-0.15, -0.1) is 0 Å². The topological polar surface area (TPSA) is 45.7 Å². The number of para-hydroxylation sites is 1. The highest BCUT2D eigenvalue weighted by molar-refractivity contribution is 5.87. The molecule has 142 valence electrons. The fraction of sp³-hybridized carbons (Fsp3) is 0.545. The Labute approximate surface area is 160 Å². The molecule has 3 heterocycles. The Balaban J connectivity index is 1.40. The lowest BCUT2D eigenvalue weighted by Crippen LogP contribution is -2.50. The van der Waals surface area contributed by atoms with Crippen molar-refractivity contribution in [2.24, 2.45) is 11.3 Å². The van der Waals surface area contributed by atoms with Gasteiger partial charge in [0.05, 0.1) is 12.5 Å². The molecule has 1 saturated carbocycles. The predicted octanol–water partition coefficient (Wildman–Crippen LogP) is 3.47. The summed E-state index contributed by atoms with van der Waals surface area (Å²) in [4.78, 5) is 22.6. The summed E-state index contributed by atoms with van der Waals surface area (Å²) in [5.74, 6) is 2.90. The van der Waals surface area contributed by atoms with Gasteiger partial charge in [0, 0.05) is 31.6 Å². The van der Waals surface area contributed by atoms with Crippen LogP contribution in [0.2, 0.25) is 0 Å². The second-order valence-electron chi connectivity index (χ2n) is 8.45. The molecule has 1 spiro atoms. The van der Waals surface area contributed by atoms with Gasteiger partial charge in [-0.25, -0.2) is 4.98 Å². The van der Waals surface area contributed by atoms with Crippen molar-refractivity contribution in [1.82, 2.24) is 9.88 Å². The molecule has 0 bridgehead atoms. The normalized spacial score (nSPS) is 25.6. The van der Waals surface area contributed by atoms with Crippen molar-refractivity contribution in [1.29, 1.82) is 0 Å². The minimum absolute atomic E-state index is 0.204. The van der Waals surface area contributed by atoms with Gasteiger partial charge in [-0.3, -0.25) is 4.79 Å². The van der Waals surface area contributed by atoms with Gasteiger partial charge < -0.3 is 14.5 Å². The van der Waals surface area contributed by atoms with Crippen molar-refractivity contribution < 1.29 is 9.53 Å². The Hall–Kier alpha value is -2.30. The second-order valence-corrected chi connectivity index (χ2v) is 8.45. The summed E-state index contributed by atoms with van der Waals surface area (Å²) in [6.07, 6.45) is 5.68. The highest BCUT2D eigenvalue weighted by Crippen LogP contribution is 2.43. The van der Waals surface area contributed by atoms with Gasteiger partial charge in [-0.05, 0) is 56.2 Å². The minimum Gasteiger partial charge on any atom is -0.494 e. The summed E-state index contributed by atoms with van der Waals surface area (Å²) < 4.78 is 5.49. The third kappa shape index (κ3) is 2.93. The molecule has 0 N–H and O–H groups in total. The van der Waals surface area contributed by atoms with E-state index < -0.39 is 0 Å². The number of fused-ring (bicyclic) bond motifs is 1. The Morgan fingerprint density at radius 3 is 2.89 bits per heavy atom. The van der Waals surface area contributed by atoms with E-state index in [2.05, 4.69) is 28.0 Å². The molecule has 5 nitrogen and oxygen atoms in total. The minimum atomic E-state index is -0.204. The van der Waals surface area contributed by atoms with Crippen LogP contribution in [0.25, 0.3) is 10.9 Å². The number of pyridine rings is 1. The molecule has 1 amide bonds. The quantitative estimate of drug-likeness (QED) is 0.832. The lowest BCUT2D eigenvalue weighted by Gasteiger charge is -2.39. The lowest BCUT2D eigenvalue weighted by atomic mass is 9.78. The number of benzene rings is 1. The van der Waals surface area contributed by atoms with Crippen molar-refractivity contribution in [3.05, 3.63) is 30.3 Å². The fourth-order valence-electron chi connectivity index (χ4n) is 4.84. The first-order valence-electron chi connectivity index (χ1n) is 10.2. The van der Waals surface area contributed by atoms with E-state index in [1.807, 2.05) is 12.1 Å². The first kappa shape index (κ1) is 16.8. The van der Waals surface area contributed by atoms with Gasteiger partial charge in [0.15, 0.2) is 0 Å². The first-order chi connectivity index (χ1) is 13.2. The molecule has 5 rings (SSSR count). The zero-order chi connectivity index (χ0) is 18.4. The summed E-state index contributed by atoms with van der Waals surface area (Å²) >= 11 is 0. The van der Waals surface area contributed by atoms with Crippen LogP contribution in [0.1, 0.15) is 32.1 Å². The number of hydrogen-bond acceptors (Lipinski definition) is 4. The van der Waals surface area contributed by atoms with Crippen LogP contribution in [-0.4, -0.2) is 49.1 Å². The molecule has 0 unspecified atom stereocenters. The Bertz CT molecular complexity index is 879. The van der Waals surface area contributed by atoms with Gasteiger partial charge in [0.1, 0.15) is 17.1 Å². The van der Waals surface area contributed by atoms with E-state index in [1.54, 1.807) is 7.11 Å². The van der Waals surface area contributed by atoms with Crippen LogP contribution in [0.3, 0.4) is 0 Å². The summed E-state index contributed by atoms with van der Waals surface area (Å²) in [5, 5.41) is 1.08. The van der Waals surface area contributed by atoms with E-state index in [1.165, 1.54) is 12.8 Å². The van der Waals surface area contributed by atoms with Gasteiger partial charge in [-0.1, -0.05) is 12.1 Å². The Morgan fingerprint density at radius 1 is 1.19 bits per heavy atom. The van der Waals surface area contributed by atoms with E-state index in [4.69, 9.17) is 9.72 Å². The number of carbonyl (C=O) groups is 1. The van der Waals surface area contributed by atoms with Crippen LogP contribution >= 0.6 is 0 Å². The molecule has 2 aromatic rings. The smallest absolute Gasteiger partial charge is 0.230 e. The number of carbonyl (C=O) groups excluding carboxylic acids is 1. The summed E-state index contributed by atoms with van der Waals surface area (Å²) in [6.45, 7) is 3.62. The number of nitrogens with zero attached hydrogens (tertiary/aromatic N) is 3. The average Bonchev–Trinajstić information content (AvgIpc) is 3.42. The molecule has 1 aromatic heterocycles. The molecular formula is C22H27N3O2. The van der Waals surface area contributed by atoms with Crippen LogP contribution in [-0.2, 0) is 4.79 Å². The Kier molecular flexibility index (Phi) is 3.99. The molecule has 27 heavy (non-hydrogen) atoms. The maximum atomic E-state index is 13.3.